The minimum atomic E-state index is -0.172. The van der Waals surface area contributed by atoms with Crippen LogP contribution >= 0.6 is 0 Å². The van der Waals surface area contributed by atoms with Gasteiger partial charge >= 0.3 is 0 Å². The number of rotatable bonds is 7. The largest absolute Gasteiger partial charge is 0.463 e. The molecule has 1 amide bonds. The van der Waals surface area contributed by atoms with Crippen LogP contribution < -0.4 is 16.4 Å². The number of anilines is 1. The average Bonchev–Trinajstić information content (AvgIpc) is 3.38. The molecule has 7 nitrogen and oxygen atoms in total. The molecule has 3 heterocycles. The van der Waals surface area contributed by atoms with Crippen LogP contribution in [0.5, 0.6) is 0 Å². The second-order valence-corrected chi connectivity index (χ2v) is 6.31. The Morgan fingerprint density at radius 1 is 1.14 bits per heavy atom. The first kappa shape index (κ1) is 17.8. The van der Waals surface area contributed by atoms with E-state index in [1.165, 1.54) is 0 Å². The monoisotopic (exact) mass is 375 g/mol. The highest BCUT2D eigenvalue weighted by atomic mass is 16.3. The van der Waals surface area contributed by atoms with Crippen molar-refractivity contribution in [3.8, 4) is 11.5 Å². The molecule has 142 valence electrons. The quantitative estimate of drug-likeness (QED) is 0.461. The first-order valence-corrected chi connectivity index (χ1v) is 9.08. The predicted octanol–water partition coefficient (Wildman–Crippen LogP) is 2.89. The van der Waals surface area contributed by atoms with Crippen molar-refractivity contribution in [1.29, 1.82) is 0 Å². The summed E-state index contributed by atoms with van der Waals surface area (Å²) in [6.07, 6.45) is 3.45. The maximum absolute atomic E-state index is 12.2. The van der Waals surface area contributed by atoms with Crippen molar-refractivity contribution in [2.24, 2.45) is 5.73 Å². The van der Waals surface area contributed by atoms with Crippen molar-refractivity contribution in [2.45, 2.75) is 6.54 Å². The van der Waals surface area contributed by atoms with Gasteiger partial charge in [-0.05, 0) is 29.8 Å². The fourth-order valence-corrected chi connectivity index (χ4v) is 3.01. The van der Waals surface area contributed by atoms with E-state index in [9.17, 15) is 4.79 Å². The molecule has 4 rings (SSSR count). The van der Waals surface area contributed by atoms with Crippen LogP contribution in [0.1, 0.15) is 15.9 Å². The van der Waals surface area contributed by atoms with Gasteiger partial charge in [-0.15, -0.1) is 0 Å². The third-order valence-corrected chi connectivity index (χ3v) is 4.38. The van der Waals surface area contributed by atoms with E-state index in [0.29, 0.717) is 42.3 Å². The Morgan fingerprint density at radius 2 is 2.00 bits per heavy atom. The summed E-state index contributed by atoms with van der Waals surface area (Å²) in [6.45, 7) is 1.47. The van der Waals surface area contributed by atoms with E-state index in [-0.39, 0.29) is 5.91 Å². The number of carbonyl (C=O) groups excluding carboxylic acids is 1. The lowest BCUT2D eigenvalue weighted by atomic mass is 10.2. The molecule has 3 aromatic heterocycles. The number of fused-ring (bicyclic) bond motifs is 1. The molecule has 0 aliphatic heterocycles. The third kappa shape index (κ3) is 3.60. The molecule has 1 aromatic carbocycles. The van der Waals surface area contributed by atoms with E-state index in [4.69, 9.17) is 15.1 Å². The number of benzene rings is 1. The number of furan rings is 1. The highest BCUT2D eigenvalue weighted by Crippen LogP contribution is 2.29. The maximum atomic E-state index is 12.2. The van der Waals surface area contributed by atoms with Crippen LogP contribution in [0.15, 0.2) is 71.5 Å². The zero-order chi connectivity index (χ0) is 19.3. The molecule has 0 unspecified atom stereocenters. The molecule has 28 heavy (non-hydrogen) atoms. The van der Waals surface area contributed by atoms with E-state index < -0.39 is 0 Å². The number of aromatic nitrogens is 2. The van der Waals surface area contributed by atoms with Crippen LogP contribution in [0.25, 0.3) is 17.1 Å². The van der Waals surface area contributed by atoms with Crippen LogP contribution in [-0.4, -0.2) is 28.4 Å². The zero-order valence-electron chi connectivity index (χ0n) is 15.3. The van der Waals surface area contributed by atoms with Gasteiger partial charge in [0, 0.05) is 31.4 Å². The molecule has 7 heteroatoms. The molecule has 0 saturated heterocycles. The Labute approximate surface area is 162 Å². The molecular weight excluding hydrogens is 354 g/mol. The summed E-state index contributed by atoms with van der Waals surface area (Å²) in [7, 11) is 0. The van der Waals surface area contributed by atoms with Crippen LogP contribution in [0.4, 0.5) is 5.82 Å². The van der Waals surface area contributed by atoms with Gasteiger partial charge in [-0.25, -0.2) is 4.98 Å². The molecule has 0 saturated carbocycles. The van der Waals surface area contributed by atoms with E-state index in [1.807, 2.05) is 40.9 Å². The number of amides is 1. The molecule has 4 N–H and O–H groups in total. The van der Waals surface area contributed by atoms with Crippen molar-refractivity contribution in [3.63, 3.8) is 0 Å². The molecule has 0 fully saturated rings. The summed E-state index contributed by atoms with van der Waals surface area (Å²) >= 11 is 0. The highest BCUT2D eigenvalue weighted by molar-refractivity contribution is 5.95. The molecule has 0 atom stereocenters. The number of hydrogen-bond donors (Lipinski definition) is 3. The normalized spacial score (nSPS) is 10.9. The summed E-state index contributed by atoms with van der Waals surface area (Å²) in [4.78, 5) is 16.9. The molecule has 0 aliphatic carbocycles. The molecule has 0 radical (unpaired) electrons. The van der Waals surface area contributed by atoms with Crippen molar-refractivity contribution in [1.82, 2.24) is 14.7 Å². The van der Waals surface area contributed by atoms with Gasteiger partial charge in [-0.2, -0.15) is 0 Å². The van der Waals surface area contributed by atoms with Gasteiger partial charge in [0.25, 0.3) is 5.91 Å². The summed E-state index contributed by atoms with van der Waals surface area (Å²) in [6, 6.07) is 17.3. The van der Waals surface area contributed by atoms with E-state index >= 15 is 0 Å². The Bertz CT molecular complexity index is 1070. The smallest absolute Gasteiger partial charge is 0.251 e. The predicted molar refractivity (Wildman–Crippen MR) is 108 cm³/mol. The number of nitrogens with two attached hydrogens (primary N) is 1. The van der Waals surface area contributed by atoms with Gasteiger partial charge in [-0.1, -0.05) is 30.3 Å². The first-order valence-electron chi connectivity index (χ1n) is 9.08. The van der Waals surface area contributed by atoms with Gasteiger partial charge in [0.1, 0.15) is 17.2 Å². The summed E-state index contributed by atoms with van der Waals surface area (Å²) in [5, 5.41) is 6.22. The lowest BCUT2D eigenvalue weighted by Crippen LogP contribution is -2.29. The van der Waals surface area contributed by atoms with Gasteiger partial charge in [0.15, 0.2) is 5.76 Å². The van der Waals surface area contributed by atoms with Crippen LogP contribution in [0.2, 0.25) is 0 Å². The van der Waals surface area contributed by atoms with Crippen molar-refractivity contribution in [3.05, 3.63) is 78.2 Å². The van der Waals surface area contributed by atoms with Crippen molar-refractivity contribution >= 4 is 17.4 Å². The van der Waals surface area contributed by atoms with E-state index in [0.717, 1.165) is 11.4 Å². The van der Waals surface area contributed by atoms with Crippen LogP contribution in [0, 0.1) is 0 Å². The van der Waals surface area contributed by atoms with Crippen molar-refractivity contribution < 1.29 is 9.21 Å². The highest BCUT2D eigenvalue weighted by Gasteiger charge is 2.17. The second kappa shape index (κ2) is 7.98. The Balaban J connectivity index is 1.71. The summed E-state index contributed by atoms with van der Waals surface area (Å²) in [5.41, 5.74) is 8.49. The summed E-state index contributed by atoms with van der Waals surface area (Å²) < 4.78 is 7.48. The SMILES string of the molecule is NCCNC(=O)c1ccn2c(NCc3ccccc3)c(-c3ccco3)nc2c1. The number of pyridine rings is 1. The number of nitrogens with one attached hydrogen (secondary N) is 2. The molecule has 0 bridgehead atoms. The fraction of sp³-hybridized carbons (Fsp3) is 0.143. The second-order valence-electron chi connectivity index (χ2n) is 6.31. The maximum Gasteiger partial charge on any atom is 0.251 e. The molecule has 4 aromatic rings. The van der Waals surface area contributed by atoms with Gasteiger partial charge in [-0.3, -0.25) is 9.20 Å². The Kier molecular flexibility index (Phi) is 5.07. The Hall–Kier alpha value is -3.58. The van der Waals surface area contributed by atoms with Gasteiger partial charge in [0.05, 0.1) is 6.26 Å². The number of nitrogens with zero attached hydrogens (tertiary/aromatic N) is 2. The number of imidazole rings is 1. The number of hydrogen-bond acceptors (Lipinski definition) is 5. The zero-order valence-corrected chi connectivity index (χ0v) is 15.3. The molecule has 0 spiro atoms. The standard InChI is InChI=1S/C21H21N5O2/c22-9-10-23-21(27)16-8-11-26-18(13-16)25-19(17-7-4-12-28-17)20(26)24-14-15-5-2-1-3-6-15/h1-8,11-13,24H,9-10,14,22H2,(H,23,27). The minimum Gasteiger partial charge on any atom is -0.463 e. The lowest BCUT2D eigenvalue weighted by Gasteiger charge is -2.09. The Morgan fingerprint density at radius 3 is 2.75 bits per heavy atom. The van der Waals surface area contributed by atoms with Crippen LogP contribution in [-0.2, 0) is 6.54 Å². The first-order chi connectivity index (χ1) is 13.8. The lowest BCUT2D eigenvalue weighted by molar-refractivity contribution is 0.0954. The van der Waals surface area contributed by atoms with E-state index in [1.54, 1.807) is 18.4 Å². The van der Waals surface area contributed by atoms with Crippen LogP contribution in [0.3, 0.4) is 0 Å². The molecular formula is C21H21N5O2. The minimum absolute atomic E-state index is 0.172. The fourth-order valence-electron chi connectivity index (χ4n) is 3.01. The average molecular weight is 375 g/mol. The van der Waals surface area contributed by atoms with Crippen molar-refractivity contribution in [2.75, 3.05) is 18.4 Å². The van der Waals surface area contributed by atoms with Gasteiger partial charge in [0.2, 0.25) is 0 Å². The van der Waals surface area contributed by atoms with E-state index in [2.05, 4.69) is 22.8 Å². The topological polar surface area (TPSA) is 97.6 Å². The summed E-state index contributed by atoms with van der Waals surface area (Å²) in [5.74, 6) is 1.30. The third-order valence-electron chi connectivity index (χ3n) is 4.38. The van der Waals surface area contributed by atoms with Gasteiger partial charge < -0.3 is 20.8 Å². The molecule has 0 aliphatic rings. The number of carbonyl (C=O) groups is 1.